The van der Waals surface area contributed by atoms with Gasteiger partial charge in [0.2, 0.25) is 0 Å². The molecule has 0 aliphatic heterocycles. The normalized spacial score (nSPS) is 10.5. The lowest BCUT2D eigenvalue weighted by Gasteiger charge is -2.10. The van der Waals surface area contributed by atoms with Crippen LogP contribution in [-0.4, -0.2) is 0 Å². The van der Waals surface area contributed by atoms with Crippen molar-refractivity contribution >= 4 is 23.2 Å². The van der Waals surface area contributed by atoms with E-state index in [2.05, 4.69) is 0 Å². The van der Waals surface area contributed by atoms with Gasteiger partial charge in [-0.05, 0) is 36.8 Å². The fraction of sp³-hybridized carbons (Fsp3) is 0.0769. The van der Waals surface area contributed by atoms with Gasteiger partial charge >= 0.3 is 0 Å². The monoisotopic (exact) mass is 254 g/mol. The third-order valence-corrected chi connectivity index (χ3v) is 3.06. The Bertz CT molecular complexity index is 515. The molecular formula is C13H9Cl2F. The second-order valence-corrected chi connectivity index (χ2v) is 4.37. The summed E-state index contributed by atoms with van der Waals surface area (Å²) in [7, 11) is 0. The molecular weight excluding hydrogens is 246 g/mol. The van der Waals surface area contributed by atoms with Gasteiger partial charge in [0.25, 0.3) is 0 Å². The first-order valence-electron chi connectivity index (χ1n) is 4.80. The summed E-state index contributed by atoms with van der Waals surface area (Å²) in [6.45, 7) is 1.92. The summed E-state index contributed by atoms with van der Waals surface area (Å²) in [6.07, 6.45) is 0. The minimum atomic E-state index is -0.321. The predicted octanol–water partition coefficient (Wildman–Crippen LogP) is 5.11. The van der Waals surface area contributed by atoms with Gasteiger partial charge < -0.3 is 0 Å². The van der Waals surface area contributed by atoms with Crippen LogP contribution in [0.3, 0.4) is 0 Å². The van der Waals surface area contributed by atoms with Gasteiger partial charge in [0.15, 0.2) is 0 Å². The van der Waals surface area contributed by atoms with Crippen molar-refractivity contribution < 1.29 is 4.39 Å². The molecule has 0 spiro atoms. The fourth-order valence-corrected chi connectivity index (χ4v) is 2.20. The number of aryl methyl sites for hydroxylation is 1. The highest BCUT2D eigenvalue weighted by atomic mass is 35.5. The van der Waals surface area contributed by atoms with Crippen LogP contribution in [0.25, 0.3) is 11.1 Å². The largest absolute Gasteiger partial charge is 0.207 e. The Morgan fingerprint density at radius 2 is 1.75 bits per heavy atom. The molecule has 0 saturated carbocycles. The molecule has 2 aromatic carbocycles. The zero-order valence-electron chi connectivity index (χ0n) is 8.60. The molecule has 2 aromatic rings. The number of benzene rings is 2. The average molecular weight is 255 g/mol. The van der Waals surface area contributed by atoms with Gasteiger partial charge in [0, 0.05) is 21.2 Å². The van der Waals surface area contributed by atoms with Gasteiger partial charge in [-0.2, -0.15) is 0 Å². The molecule has 16 heavy (non-hydrogen) atoms. The van der Waals surface area contributed by atoms with Crippen molar-refractivity contribution in [3.8, 4) is 11.1 Å². The molecule has 0 amide bonds. The Hall–Kier alpha value is -1.05. The van der Waals surface area contributed by atoms with Crippen LogP contribution in [0.2, 0.25) is 10.0 Å². The summed E-state index contributed by atoms with van der Waals surface area (Å²) in [5.41, 5.74) is 2.39. The van der Waals surface area contributed by atoms with Crippen LogP contribution in [0.15, 0.2) is 36.4 Å². The van der Waals surface area contributed by atoms with Crippen LogP contribution in [-0.2, 0) is 0 Å². The van der Waals surface area contributed by atoms with Crippen molar-refractivity contribution in [2.75, 3.05) is 0 Å². The Morgan fingerprint density at radius 3 is 2.44 bits per heavy atom. The molecule has 0 unspecified atom stereocenters. The van der Waals surface area contributed by atoms with Crippen LogP contribution < -0.4 is 0 Å². The maximum atomic E-state index is 13.2. The van der Waals surface area contributed by atoms with Gasteiger partial charge in [-0.1, -0.05) is 35.3 Å². The second-order valence-electron chi connectivity index (χ2n) is 3.56. The molecule has 2 rings (SSSR count). The zero-order valence-corrected chi connectivity index (χ0v) is 10.1. The lowest BCUT2D eigenvalue weighted by atomic mass is 10.0. The van der Waals surface area contributed by atoms with Crippen LogP contribution in [0, 0.1) is 12.7 Å². The van der Waals surface area contributed by atoms with E-state index in [-0.39, 0.29) is 5.82 Å². The first-order valence-corrected chi connectivity index (χ1v) is 5.55. The van der Waals surface area contributed by atoms with Gasteiger partial charge in [0.1, 0.15) is 5.82 Å². The molecule has 0 radical (unpaired) electrons. The molecule has 3 heteroatoms. The Morgan fingerprint density at radius 1 is 1.00 bits per heavy atom. The van der Waals surface area contributed by atoms with Crippen molar-refractivity contribution in [2.24, 2.45) is 0 Å². The summed E-state index contributed by atoms with van der Waals surface area (Å²) in [5, 5.41) is 1.07. The minimum Gasteiger partial charge on any atom is -0.207 e. The summed E-state index contributed by atoms with van der Waals surface area (Å²) < 4.78 is 13.2. The first kappa shape index (κ1) is 11.4. The van der Waals surface area contributed by atoms with Gasteiger partial charge in [-0.25, -0.2) is 4.39 Å². The number of halogens is 3. The van der Waals surface area contributed by atoms with E-state index < -0.39 is 0 Å². The molecule has 82 valence electrons. The van der Waals surface area contributed by atoms with E-state index in [1.54, 1.807) is 6.07 Å². The number of hydrogen-bond acceptors (Lipinski definition) is 0. The molecule has 0 bridgehead atoms. The van der Waals surface area contributed by atoms with E-state index in [9.17, 15) is 4.39 Å². The lowest BCUT2D eigenvalue weighted by Crippen LogP contribution is -1.87. The molecule has 0 heterocycles. The van der Waals surface area contributed by atoms with Gasteiger partial charge in [-0.15, -0.1) is 0 Å². The molecule has 0 aliphatic rings. The summed E-state index contributed by atoms with van der Waals surface area (Å²) in [6, 6.07) is 9.81. The molecule has 0 saturated heterocycles. The first-order chi connectivity index (χ1) is 7.59. The fourth-order valence-electron chi connectivity index (χ4n) is 1.66. The molecule has 0 nitrogen and oxygen atoms in total. The van der Waals surface area contributed by atoms with Gasteiger partial charge in [-0.3, -0.25) is 0 Å². The van der Waals surface area contributed by atoms with E-state index in [4.69, 9.17) is 23.2 Å². The SMILES string of the molecule is Cc1cccc(Cl)c1-c1cc(F)ccc1Cl. The summed E-state index contributed by atoms with van der Waals surface area (Å²) >= 11 is 12.2. The summed E-state index contributed by atoms with van der Waals surface area (Å²) in [4.78, 5) is 0. The highest BCUT2D eigenvalue weighted by Gasteiger charge is 2.11. The lowest BCUT2D eigenvalue weighted by molar-refractivity contribution is 0.628. The maximum absolute atomic E-state index is 13.2. The van der Waals surface area contributed by atoms with E-state index in [1.165, 1.54) is 18.2 Å². The summed E-state index contributed by atoms with van der Waals surface area (Å²) in [5.74, 6) is -0.321. The minimum absolute atomic E-state index is 0.321. The van der Waals surface area contributed by atoms with E-state index in [0.29, 0.717) is 15.6 Å². The van der Waals surface area contributed by atoms with Crippen LogP contribution in [0.1, 0.15) is 5.56 Å². The van der Waals surface area contributed by atoms with Crippen molar-refractivity contribution in [2.45, 2.75) is 6.92 Å². The smallest absolute Gasteiger partial charge is 0.123 e. The van der Waals surface area contributed by atoms with Gasteiger partial charge in [0.05, 0.1) is 0 Å². The van der Waals surface area contributed by atoms with E-state index >= 15 is 0 Å². The Kier molecular flexibility index (Phi) is 3.17. The average Bonchev–Trinajstić information content (AvgIpc) is 2.23. The highest BCUT2D eigenvalue weighted by Crippen LogP contribution is 2.35. The van der Waals surface area contributed by atoms with Crippen LogP contribution in [0.4, 0.5) is 4.39 Å². The quantitative estimate of drug-likeness (QED) is 0.664. The number of rotatable bonds is 1. The Labute approximate surface area is 104 Å². The van der Waals surface area contributed by atoms with Crippen molar-refractivity contribution in [3.05, 3.63) is 57.8 Å². The van der Waals surface area contributed by atoms with E-state index in [0.717, 1.165) is 11.1 Å². The van der Waals surface area contributed by atoms with Crippen LogP contribution in [0.5, 0.6) is 0 Å². The van der Waals surface area contributed by atoms with Crippen molar-refractivity contribution in [1.29, 1.82) is 0 Å². The topological polar surface area (TPSA) is 0 Å². The highest BCUT2D eigenvalue weighted by molar-refractivity contribution is 6.36. The van der Waals surface area contributed by atoms with E-state index in [1.807, 2.05) is 19.1 Å². The van der Waals surface area contributed by atoms with Crippen molar-refractivity contribution in [3.63, 3.8) is 0 Å². The number of hydrogen-bond donors (Lipinski definition) is 0. The molecule has 0 aliphatic carbocycles. The maximum Gasteiger partial charge on any atom is 0.123 e. The standard InChI is InChI=1S/C13H9Cl2F/c1-8-3-2-4-12(15)13(8)10-7-9(16)5-6-11(10)14/h2-7H,1H3. The van der Waals surface area contributed by atoms with Crippen LogP contribution >= 0.6 is 23.2 Å². The molecule has 0 N–H and O–H groups in total. The molecule has 0 atom stereocenters. The third-order valence-electron chi connectivity index (χ3n) is 2.42. The predicted molar refractivity (Wildman–Crippen MR) is 66.6 cm³/mol. The Balaban J connectivity index is 2.72. The second kappa shape index (κ2) is 4.44. The molecule has 0 fully saturated rings. The van der Waals surface area contributed by atoms with Crippen molar-refractivity contribution in [1.82, 2.24) is 0 Å². The zero-order chi connectivity index (χ0) is 11.7. The third kappa shape index (κ3) is 2.06. The molecule has 0 aromatic heterocycles.